The average Bonchev–Trinajstić information content (AvgIpc) is 2.30. The van der Waals surface area contributed by atoms with E-state index in [9.17, 15) is 0 Å². The van der Waals surface area contributed by atoms with Gasteiger partial charge in [0.25, 0.3) is 0 Å². The fourth-order valence-electron chi connectivity index (χ4n) is 1.54. The molecule has 0 saturated carbocycles. The zero-order valence-electron chi connectivity index (χ0n) is 10.9. The molecule has 3 N–H and O–H groups in total. The van der Waals surface area contributed by atoms with Crippen LogP contribution < -0.4 is 10.5 Å². The van der Waals surface area contributed by atoms with Crippen molar-refractivity contribution in [1.29, 1.82) is 0 Å². The minimum atomic E-state index is -0.191. The van der Waals surface area contributed by atoms with Gasteiger partial charge in [-0.15, -0.1) is 0 Å². The van der Waals surface area contributed by atoms with Crippen LogP contribution in [0.2, 0.25) is 0 Å². The van der Waals surface area contributed by atoms with Crippen LogP contribution in [-0.2, 0) is 0 Å². The highest BCUT2D eigenvalue weighted by atomic mass is 16.5. The Morgan fingerprint density at radius 2 is 2.06 bits per heavy atom. The van der Waals surface area contributed by atoms with E-state index >= 15 is 0 Å². The lowest BCUT2D eigenvalue weighted by Crippen LogP contribution is -2.26. The molecule has 1 rings (SSSR count). The van der Waals surface area contributed by atoms with Gasteiger partial charge in [0.1, 0.15) is 5.75 Å². The Morgan fingerprint density at radius 3 is 2.65 bits per heavy atom. The maximum atomic E-state index is 8.82. The van der Waals surface area contributed by atoms with E-state index in [0.717, 1.165) is 11.3 Å². The second-order valence-corrected chi connectivity index (χ2v) is 4.76. The van der Waals surface area contributed by atoms with E-state index in [1.807, 2.05) is 6.92 Å². The molecule has 1 unspecified atom stereocenters. The normalized spacial score (nSPS) is 12.8. The van der Waals surface area contributed by atoms with Gasteiger partial charge in [0.05, 0.1) is 13.2 Å². The molecule has 1 aromatic carbocycles. The Labute approximate surface area is 104 Å². The minimum Gasteiger partial charge on any atom is -0.493 e. The summed E-state index contributed by atoms with van der Waals surface area (Å²) in [5.41, 5.74) is 8.03. The number of rotatable bonds is 6. The first-order chi connectivity index (χ1) is 8.04. The number of hydrogen-bond donors (Lipinski definition) is 2. The molecule has 17 heavy (non-hydrogen) atoms. The van der Waals surface area contributed by atoms with Crippen LogP contribution in [0, 0.1) is 6.92 Å². The summed E-state index contributed by atoms with van der Waals surface area (Å²) in [7, 11) is 0. The number of nitrogens with two attached hydrogens (primary N) is 1. The highest BCUT2D eigenvalue weighted by Gasteiger charge is 2.06. The molecule has 0 radical (unpaired) electrons. The topological polar surface area (TPSA) is 55.5 Å². The first-order valence-corrected chi connectivity index (χ1v) is 6.14. The summed E-state index contributed by atoms with van der Waals surface area (Å²) in [5.74, 6) is 1.42. The lowest BCUT2D eigenvalue weighted by atomic mass is 10.0. The van der Waals surface area contributed by atoms with Gasteiger partial charge in [-0.2, -0.15) is 0 Å². The van der Waals surface area contributed by atoms with Crippen LogP contribution in [0.1, 0.15) is 37.3 Å². The SMILES string of the molecule is Cc1ccc(C(C)C)cc1OCCC(N)CO. The predicted octanol–water partition coefficient (Wildman–Crippen LogP) is 2.21. The van der Waals surface area contributed by atoms with Gasteiger partial charge in [-0.3, -0.25) is 0 Å². The summed E-state index contributed by atoms with van der Waals surface area (Å²) in [6.45, 7) is 6.91. The molecule has 0 heterocycles. The summed E-state index contributed by atoms with van der Waals surface area (Å²) in [5, 5.41) is 8.82. The van der Waals surface area contributed by atoms with Crippen LogP contribution in [0.5, 0.6) is 5.75 Å². The van der Waals surface area contributed by atoms with Crippen LogP contribution in [-0.4, -0.2) is 24.4 Å². The van der Waals surface area contributed by atoms with Crippen LogP contribution in [0.3, 0.4) is 0 Å². The zero-order chi connectivity index (χ0) is 12.8. The molecule has 0 aliphatic heterocycles. The number of aliphatic hydroxyl groups excluding tert-OH is 1. The van der Waals surface area contributed by atoms with Crippen molar-refractivity contribution >= 4 is 0 Å². The van der Waals surface area contributed by atoms with Crippen LogP contribution in [0.15, 0.2) is 18.2 Å². The number of ether oxygens (including phenoxy) is 1. The molecule has 0 saturated heterocycles. The van der Waals surface area contributed by atoms with Gasteiger partial charge in [-0.1, -0.05) is 26.0 Å². The van der Waals surface area contributed by atoms with Crippen molar-refractivity contribution in [1.82, 2.24) is 0 Å². The monoisotopic (exact) mass is 237 g/mol. The molecule has 0 amide bonds. The van der Waals surface area contributed by atoms with E-state index in [-0.39, 0.29) is 12.6 Å². The highest BCUT2D eigenvalue weighted by molar-refractivity contribution is 5.37. The zero-order valence-corrected chi connectivity index (χ0v) is 10.9. The van der Waals surface area contributed by atoms with Crippen LogP contribution >= 0.6 is 0 Å². The molecule has 1 aromatic rings. The maximum absolute atomic E-state index is 8.82. The van der Waals surface area contributed by atoms with E-state index in [2.05, 4.69) is 32.0 Å². The molecular weight excluding hydrogens is 214 g/mol. The average molecular weight is 237 g/mol. The molecule has 0 aliphatic carbocycles. The largest absolute Gasteiger partial charge is 0.493 e. The second-order valence-electron chi connectivity index (χ2n) is 4.76. The molecule has 0 spiro atoms. The third kappa shape index (κ3) is 4.36. The molecule has 0 aromatic heterocycles. The number of benzene rings is 1. The molecule has 0 fully saturated rings. The van der Waals surface area contributed by atoms with Crippen molar-refractivity contribution in [2.45, 2.75) is 39.2 Å². The molecule has 3 nitrogen and oxygen atoms in total. The third-order valence-electron chi connectivity index (χ3n) is 2.86. The Hall–Kier alpha value is -1.06. The van der Waals surface area contributed by atoms with Gasteiger partial charge in [0.15, 0.2) is 0 Å². The molecule has 0 aliphatic rings. The van der Waals surface area contributed by atoms with E-state index in [1.54, 1.807) is 0 Å². The summed E-state index contributed by atoms with van der Waals surface area (Å²) in [6.07, 6.45) is 0.668. The van der Waals surface area contributed by atoms with Gasteiger partial charge in [-0.25, -0.2) is 0 Å². The fourth-order valence-corrected chi connectivity index (χ4v) is 1.54. The molecular formula is C14H23NO2. The van der Waals surface area contributed by atoms with Crippen molar-refractivity contribution in [3.05, 3.63) is 29.3 Å². The third-order valence-corrected chi connectivity index (χ3v) is 2.86. The Balaban J connectivity index is 2.60. The number of aliphatic hydroxyl groups is 1. The van der Waals surface area contributed by atoms with Gasteiger partial charge >= 0.3 is 0 Å². The highest BCUT2D eigenvalue weighted by Crippen LogP contribution is 2.24. The number of aryl methyl sites for hydroxylation is 1. The van der Waals surface area contributed by atoms with Crippen molar-refractivity contribution in [3.8, 4) is 5.75 Å². The minimum absolute atomic E-state index is 0.00831. The van der Waals surface area contributed by atoms with Gasteiger partial charge in [-0.05, 0) is 36.5 Å². The first-order valence-electron chi connectivity index (χ1n) is 6.14. The lowest BCUT2D eigenvalue weighted by molar-refractivity contribution is 0.230. The summed E-state index contributed by atoms with van der Waals surface area (Å²) in [6, 6.07) is 6.11. The smallest absolute Gasteiger partial charge is 0.122 e. The summed E-state index contributed by atoms with van der Waals surface area (Å²) >= 11 is 0. The molecule has 0 bridgehead atoms. The quantitative estimate of drug-likeness (QED) is 0.797. The van der Waals surface area contributed by atoms with E-state index in [0.29, 0.717) is 18.9 Å². The standard InChI is InChI=1S/C14H23NO2/c1-10(2)12-5-4-11(3)14(8-12)17-7-6-13(15)9-16/h4-5,8,10,13,16H,6-7,9,15H2,1-3H3. The van der Waals surface area contributed by atoms with E-state index in [1.165, 1.54) is 5.56 Å². The fraction of sp³-hybridized carbons (Fsp3) is 0.571. The predicted molar refractivity (Wildman–Crippen MR) is 70.4 cm³/mol. The Morgan fingerprint density at radius 1 is 1.35 bits per heavy atom. The van der Waals surface area contributed by atoms with Crippen molar-refractivity contribution in [2.75, 3.05) is 13.2 Å². The van der Waals surface area contributed by atoms with Crippen LogP contribution in [0.4, 0.5) is 0 Å². The number of hydrogen-bond acceptors (Lipinski definition) is 3. The van der Waals surface area contributed by atoms with E-state index < -0.39 is 0 Å². The van der Waals surface area contributed by atoms with Gasteiger partial charge in [0, 0.05) is 6.04 Å². The molecule has 3 heteroatoms. The first kappa shape index (κ1) is 14.0. The molecule has 96 valence electrons. The Bertz CT molecular complexity index is 350. The van der Waals surface area contributed by atoms with Crippen LogP contribution in [0.25, 0.3) is 0 Å². The summed E-state index contributed by atoms with van der Waals surface area (Å²) < 4.78 is 5.71. The van der Waals surface area contributed by atoms with Gasteiger partial charge in [0.2, 0.25) is 0 Å². The Kier molecular flexibility index (Phi) is 5.45. The van der Waals surface area contributed by atoms with Crippen molar-refractivity contribution in [3.63, 3.8) is 0 Å². The molecule has 1 atom stereocenters. The second kappa shape index (κ2) is 6.62. The summed E-state index contributed by atoms with van der Waals surface area (Å²) in [4.78, 5) is 0. The van der Waals surface area contributed by atoms with Crippen molar-refractivity contribution < 1.29 is 9.84 Å². The van der Waals surface area contributed by atoms with Gasteiger partial charge < -0.3 is 15.6 Å². The maximum Gasteiger partial charge on any atom is 0.122 e. The van der Waals surface area contributed by atoms with Crippen molar-refractivity contribution in [2.24, 2.45) is 5.73 Å². The lowest BCUT2D eigenvalue weighted by Gasteiger charge is -2.14. The van der Waals surface area contributed by atoms with E-state index in [4.69, 9.17) is 15.6 Å².